The van der Waals surface area contributed by atoms with Gasteiger partial charge in [0.2, 0.25) is 5.91 Å². The lowest BCUT2D eigenvalue weighted by atomic mass is 10.0. The molecule has 0 radical (unpaired) electrons. The Morgan fingerprint density at radius 2 is 1.95 bits per heavy atom. The number of carbonyl (C=O) groups excluding carboxylic acids is 1. The topological polar surface area (TPSA) is 72.9 Å². The van der Waals surface area contributed by atoms with Gasteiger partial charge in [-0.1, -0.05) is 12.1 Å². The van der Waals surface area contributed by atoms with Crippen molar-refractivity contribution in [3.05, 3.63) is 46.8 Å². The van der Waals surface area contributed by atoms with E-state index in [1.54, 1.807) is 0 Å². The lowest BCUT2D eigenvalue weighted by Crippen LogP contribution is -2.35. The maximum absolute atomic E-state index is 12.1. The summed E-state index contributed by atoms with van der Waals surface area (Å²) in [5.41, 5.74) is 10.7. The standard InChI is InChI=1S/C17H24N4O/c1-11(9-16-12(2)20-21(4)13(16)3)19-17(22)10-14-5-7-15(18)8-6-14/h5-8,11H,9-10,18H2,1-4H3,(H,19,22). The molecule has 3 N–H and O–H groups in total. The van der Waals surface area contributed by atoms with E-state index in [2.05, 4.69) is 17.3 Å². The number of nitrogens with two attached hydrogens (primary N) is 1. The summed E-state index contributed by atoms with van der Waals surface area (Å²) < 4.78 is 1.88. The second kappa shape index (κ2) is 6.64. The summed E-state index contributed by atoms with van der Waals surface area (Å²) >= 11 is 0. The molecule has 1 amide bonds. The molecule has 1 aromatic carbocycles. The summed E-state index contributed by atoms with van der Waals surface area (Å²) in [6, 6.07) is 7.47. The van der Waals surface area contributed by atoms with E-state index in [0.29, 0.717) is 12.1 Å². The van der Waals surface area contributed by atoms with Crippen LogP contribution in [0.3, 0.4) is 0 Å². The average Bonchev–Trinajstić information content (AvgIpc) is 2.68. The van der Waals surface area contributed by atoms with Crippen molar-refractivity contribution in [2.45, 2.75) is 39.7 Å². The maximum Gasteiger partial charge on any atom is 0.224 e. The number of aryl methyl sites for hydroxylation is 2. The number of amides is 1. The molecule has 1 aromatic heterocycles. The molecule has 22 heavy (non-hydrogen) atoms. The number of nitrogens with zero attached hydrogens (tertiary/aromatic N) is 2. The zero-order valence-corrected chi connectivity index (χ0v) is 13.7. The molecule has 1 unspecified atom stereocenters. The van der Waals surface area contributed by atoms with E-state index < -0.39 is 0 Å². The highest BCUT2D eigenvalue weighted by Crippen LogP contribution is 2.14. The van der Waals surface area contributed by atoms with Crippen LogP contribution in [0.5, 0.6) is 0 Å². The van der Waals surface area contributed by atoms with E-state index in [-0.39, 0.29) is 11.9 Å². The summed E-state index contributed by atoms with van der Waals surface area (Å²) in [5.74, 6) is 0.0245. The van der Waals surface area contributed by atoms with Crippen molar-refractivity contribution < 1.29 is 4.79 Å². The van der Waals surface area contributed by atoms with E-state index in [4.69, 9.17) is 5.73 Å². The van der Waals surface area contributed by atoms with Gasteiger partial charge in [0.15, 0.2) is 0 Å². The Balaban J connectivity index is 1.92. The third kappa shape index (κ3) is 3.87. The normalized spacial score (nSPS) is 12.2. The van der Waals surface area contributed by atoms with Crippen LogP contribution in [-0.4, -0.2) is 21.7 Å². The second-order valence-electron chi connectivity index (χ2n) is 5.86. The molecule has 0 spiro atoms. The monoisotopic (exact) mass is 300 g/mol. The first kappa shape index (κ1) is 16.1. The number of aromatic nitrogens is 2. The van der Waals surface area contributed by atoms with Gasteiger partial charge in [0.25, 0.3) is 0 Å². The highest BCUT2D eigenvalue weighted by atomic mass is 16.1. The highest BCUT2D eigenvalue weighted by Gasteiger charge is 2.14. The van der Waals surface area contributed by atoms with Crippen LogP contribution in [0.4, 0.5) is 5.69 Å². The number of anilines is 1. The second-order valence-corrected chi connectivity index (χ2v) is 5.86. The Labute approximate surface area is 131 Å². The fraction of sp³-hybridized carbons (Fsp3) is 0.412. The minimum atomic E-state index is 0.0245. The van der Waals surface area contributed by atoms with Gasteiger partial charge in [-0.25, -0.2) is 0 Å². The van der Waals surface area contributed by atoms with Gasteiger partial charge in [0, 0.05) is 24.5 Å². The highest BCUT2D eigenvalue weighted by molar-refractivity contribution is 5.79. The summed E-state index contributed by atoms with van der Waals surface area (Å²) in [4.78, 5) is 12.1. The van der Waals surface area contributed by atoms with Crippen molar-refractivity contribution in [3.63, 3.8) is 0 Å². The van der Waals surface area contributed by atoms with Crippen LogP contribution in [0.2, 0.25) is 0 Å². The maximum atomic E-state index is 12.1. The molecular formula is C17H24N4O. The number of carbonyl (C=O) groups is 1. The molecule has 0 aliphatic carbocycles. The van der Waals surface area contributed by atoms with E-state index >= 15 is 0 Å². The third-order valence-electron chi connectivity index (χ3n) is 3.92. The largest absolute Gasteiger partial charge is 0.399 e. The number of hydrogen-bond donors (Lipinski definition) is 2. The first-order valence-corrected chi connectivity index (χ1v) is 7.49. The van der Waals surface area contributed by atoms with Crippen LogP contribution in [0.1, 0.15) is 29.4 Å². The van der Waals surface area contributed by atoms with E-state index in [9.17, 15) is 4.79 Å². The van der Waals surface area contributed by atoms with E-state index in [1.165, 1.54) is 5.56 Å². The summed E-state index contributed by atoms with van der Waals surface area (Å²) in [5, 5.41) is 7.46. The Bertz CT molecular complexity index is 658. The number of benzene rings is 1. The number of nitrogens with one attached hydrogen (secondary N) is 1. The minimum absolute atomic E-state index is 0.0245. The SMILES string of the molecule is Cc1nn(C)c(C)c1CC(C)NC(=O)Cc1ccc(N)cc1. The quantitative estimate of drug-likeness (QED) is 0.828. The lowest BCUT2D eigenvalue weighted by molar-refractivity contribution is -0.121. The van der Waals surface area contributed by atoms with Gasteiger partial charge in [0.1, 0.15) is 0 Å². The van der Waals surface area contributed by atoms with Crippen molar-refractivity contribution in [1.29, 1.82) is 0 Å². The number of nitrogen functional groups attached to an aromatic ring is 1. The van der Waals surface area contributed by atoms with E-state index in [0.717, 1.165) is 23.4 Å². The Kier molecular flexibility index (Phi) is 4.85. The fourth-order valence-electron chi connectivity index (χ4n) is 2.62. The predicted octanol–water partition coefficient (Wildman–Crippen LogP) is 1.91. The molecule has 0 fully saturated rings. The van der Waals surface area contributed by atoms with Crippen LogP contribution in [0.15, 0.2) is 24.3 Å². The Morgan fingerprint density at radius 1 is 1.32 bits per heavy atom. The molecule has 118 valence electrons. The van der Waals surface area contributed by atoms with Crippen molar-refractivity contribution >= 4 is 11.6 Å². The van der Waals surface area contributed by atoms with Gasteiger partial charge in [-0.05, 0) is 50.5 Å². The minimum Gasteiger partial charge on any atom is -0.399 e. The zero-order chi connectivity index (χ0) is 16.3. The fourth-order valence-corrected chi connectivity index (χ4v) is 2.62. The van der Waals surface area contributed by atoms with Crippen LogP contribution in [-0.2, 0) is 24.7 Å². The molecule has 0 aliphatic rings. The first-order valence-electron chi connectivity index (χ1n) is 7.49. The number of hydrogen-bond acceptors (Lipinski definition) is 3. The molecule has 0 bridgehead atoms. The van der Waals surface area contributed by atoms with Gasteiger partial charge in [-0.15, -0.1) is 0 Å². The summed E-state index contributed by atoms with van der Waals surface area (Å²) in [7, 11) is 1.94. The molecule has 0 saturated heterocycles. The van der Waals surface area contributed by atoms with Crippen LogP contribution in [0, 0.1) is 13.8 Å². The van der Waals surface area contributed by atoms with Crippen molar-refractivity contribution in [2.75, 3.05) is 5.73 Å². The van der Waals surface area contributed by atoms with Crippen molar-refractivity contribution in [2.24, 2.45) is 7.05 Å². The van der Waals surface area contributed by atoms with Crippen molar-refractivity contribution in [1.82, 2.24) is 15.1 Å². The Morgan fingerprint density at radius 3 is 2.50 bits per heavy atom. The smallest absolute Gasteiger partial charge is 0.224 e. The van der Waals surface area contributed by atoms with Gasteiger partial charge >= 0.3 is 0 Å². The van der Waals surface area contributed by atoms with Crippen LogP contribution >= 0.6 is 0 Å². The molecule has 5 heteroatoms. The van der Waals surface area contributed by atoms with Crippen molar-refractivity contribution in [3.8, 4) is 0 Å². The van der Waals surface area contributed by atoms with Gasteiger partial charge in [0.05, 0.1) is 12.1 Å². The van der Waals surface area contributed by atoms with Gasteiger partial charge in [-0.2, -0.15) is 5.10 Å². The molecule has 0 saturated carbocycles. The molecular weight excluding hydrogens is 276 g/mol. The zero-order valence-electron chi connectivity index (χ0n) is 13.7. The summed E-state index contributed by atoms with van der Waals surface area (Å²) in [6.07, 6.45) is 1.16. The van der Waals surface area contributed by atoms with Gasteiger partial charge < -0.3 is 11.1 Å². The lowest BCUT2D eigenvalue weighted by Gasteiger charge is -2.14. The number of rotatable bonds is 5. The molecule has 1 heterocycles. The van der Waals surface area contributed by atoms with Crippen LogP contribution in [0.25, 0.3) is 0 Å². The predicted molar refractivity (Wildman–Crippen MR) is 88.5 cm³/mol. The average molecular weight is 300 g/mol. The van der Waals surface area contributed by atoms with E-state index in [1.807, 2.05) is 49.8 Å². The first-order chi connectivity index (χ1) is 10.4. The Hall–Kier alpha value is -2.30. The summed E-state index contributed by atoms with van der Waals surface area (Å²) in [6.45, 7) is 6.08. The molecule has 0 aliphatic heterocycles. The van der Waals surface area contributed by atoms with Crippen LogP contribution < -0.4 is 11.1 Å². The molecule has 2 aromatic rings. The molecule has 1 atom stereocenters. The molecule has 5 nitrogen and oxygen atoms in total. The third-order valence-corrected chi connectivity index (χ3v) is 3.92. The molecule has 2 rings (SSSR count). The van der Waals surface area contributed by atoms with Gasteiger partial charge in [-0.3, -0.25) is 9.48 Å².